The van der Waals surface area contributed by atoms with E-state index in [0.717, 1.165) is 17.3 Å². The smallest absolute Gasteiger partial charge is 0.306 e. The lowest BCUT2D eigenvalue weighted by molar-refractivity contribution is 0.252. The average molecular weight is 317 g/mol. The van der Waals surface area contributed by atoms with E-state index in [4.69, 9.17) is 0 Å². The summed E-state index contributed by atoms with van der Waals surface area (Å²) in [5.74, 6) is -1.47. The third-order valence-corrected chi connectivity index (χ3v) is 3.30. The normalized spacial score (nSPS) is 10.8. The fourth-order valence-electron chi connectivity index (χ4n) is 2.14. The maximum absolute atomic E-state index is 13.6. The molecule has 120 valence electrons. The Bertz CT molecular complexity index is 729. The minimum atomic E-state index is -0.733. The molecule has 0 spiro atoms. The standard InChI is InChI=1S/C17H17F2N3O/c1-10-7-14(18)13(15(19)8-10)9-20-22-17(23)21-16-11(2)5-4-6-12(16)3/h4-9H,1-3H3,(H2,21,22,23)/b20-9+. The van der Waals surface area contributed by atoms with Crippen molar-refractivity contribution in [3.63, 3.8) is 0 Å². The van der Waals surface area contributed by atoms with E-state index in [1.54, 1.807) is 6.92 Å². The van der Waals surface area contributed by atoms with Crippen LogP contribution in [0.1, 0.15) is 22.3 Å². The second kappa shape index (κ2) is 7.00. The molecule has 0 saturated heterocycles. The first-order valence-corrected chi connectivity index (χ1v) is 7.00. The second-order valence-corrected chi connectivity index (χ2v) is 5.23. The van der Waals surface area contributed by atoms with Gasteiger partial charge in [0.15, 0.2) is 0 Å². The molecule has 2 N–H and O–H groups in total. The first kappa shape index (κ1) is 16.6. The van der Waals surface area contributed by atoms with Gasteiger partial charge in [0, 0.05) is 5.69 Å². The Labute approximate surface area is 133 Å². The van der Waals surface area contributed by atoms with E-state index >= 15 is 0 Å². The Hall–Kier alpha value is -2.76. The summed E-state index contributed by atoms with van der Waals surface area (Å²) in [5.41, 5.74) is 4.84. The third-order valence-electron chi connectivity index (χ3n) is 3.30. The van der Waals surface area contributed by atoms with E-state index in [9.17, 15) is 13.6 Å². The fourth-order valence-corrected chi connectivity index (χ4v) is 2.14. The maximum Gasteiger partial charge on any atom is 0.339 e. The van der Waals surface area contributed by atoms with Crippen LogP contribution in [0, 0.1) is 32.4 Å². The molecule has 4 nitrogen and oxygen atoms in total. The van der Waals surface area contributed by atoms with Gasteiger partial charge in [0.25, 0.3) is 0 Å². The van der Waals surface area contributed by atoms with Crippen LogP contribution in [-0.2, 0) is 0 Å². The Kier molecular flexibility index (Phi) is 5.05. The molecular weight excluding hydrogens is 300 g/mol. The van der Waals surface area contributed by atoms with Gasteiger partial charge in [-0.15, -0.1) is 0 Å². The number of carbonyl (C=O) groups is 1. The van der Waals surface area contributed by atoms with Crippen LogP contribution in [0.5, 0.6) is 0 Å². The zero-order valence-electron chi connectivity index (χ0n) is 13.1. The zero-order valence-corrected chi connectivity index (χ0v) is 13.1. The van der Waals surface area contributed by atoms with Crippen LogP contribution < -0.4 is 10.7 Å². The lowest BCUT2D eigenvalue weighted by Crippen LogP contribution is -2.25. The molecular formula is C17H17F2N3O. The van der Waals surface area contributed by atoms with Gasteiger partial charge < -0.3 is 5.32 Å². The van der Waals surface area contributed by atoms with Crippen LogP contribution in [0.2, 0.25) is 0 Å². The topological polar surface area (TPSA) is 53.5 Å². The highest BCUT2D eigenvalue weighted by Crippen LogP contribution is 2.19. The predicted molar refractivity (Wildman–Crippen MR) is 86.8 cm³/mol. The molecule has 0 saturated carbocycles. The van der Waals surface area contributed by atoms with Gasteiger partial charge in [-0.3, -0.25) is 0 Å². The molecule has 0 unspecified atom stereocenters. The molecule has 0 bridgehead atoms. The summed E-state index contributed by atoms with van der Waals surface area (Å²) >= 11 is 0. The first-order valence-electron chi connectivity index (χ1n) is 7.00. The number of carbonyl (C=O) groups excluding carboxylic acids is 1. The quantitative estimate of drug-likeness (QED) is 0.651. The van der Waals surface area contributed by atoms with E-state index in [-0.39, 0.29) is 5.56 Å². The summed E-state index contributed by atoms with van der Waals surface area (Å²) in [6.07, 6.45) is 0.939. The highest BCUT2D eigenvalue weighted by Gasteiger charge is 2.09. The molecule has 0 heterocycles. The summed E-state index contributed by atoms with van der Waals surface area (Å²) in [5, 5.41) is 6.23. The van der Waals surface area contributed by atoms with Crippen LogP contribution in [0.15, 0.2) is 35.4 Å². The van der Waals surface area contributed by atoms with E-state index < -0.39 is 17.7 Å². The van der Waals surface area contributed by atoms with E-state index in [2.05, 4.69) is 15.8 Å². The van der Waals surface area contributed by atoms with Crippen LogP contribution in [0.4, 0.5) is 19.3 Å². The van der Waals surface area contributed by atoms with Gasteiger partial charge in [0.1, 0.15) is 11.6 Å². The number of nitrogens with one attached hydrogen (secondary N) is 2. The number of aryl methyl sites for hydroxylation is 3. The van der Waals surface area contributed by atoms with E-state index in [1.165, 1.54) is 12.1 Å². The number of hydrogen-bond acceptors (Lipinski definition) is 2. The van der Waals surface area contributed by atoms with E-state index in [1.807, 2.05) is 32.0 Å². The molecule has 2 rings (SSSR count). The number of nitrogens with zero attached hydrogens (tertiary/aromatic N) is 1. The van der Waals surface area contributed by atoms with Crippen molar-refractivity contribution in [2.24, 2.45) is 5.10 Å². The van der Waals surface area contributed by atoms with Crippen LogP contribution in [0.3, 0.4) is 0 Å². The van der Waals surface area contributed by atoms with Gasteiger partial charge in [-0.2, -0.15) is 5.10 Å². The molecule has 0 aromatic heterocycles. The Morgan fingerprint density at radius 2 is 1.65 bits per heavy atom. The number of hydrazone groups is 1. The minimum Gasteiger partial charge on any atom is -0.306 e. The maximum atomic E-state index is 13.6. The van der Waals surface area contributed by atoms with Crippen molar-refractivity contribution in [2.45, 2.75) is 20.8 Å². The molecule has 6 heteroatoms. The van der Waals surface area contributed by atoms with E-state index in [0.29, 0.717) is 11.3 Å². The number of anilines is 1. The fraction of sp³-hybridized carbons (Fsp3) is 0.176. The Morgan fingerprint density at radius 1 is 1.09 bits per heavy atom. The largest absolute Gasteiger partial charge is 0.339 e. The van der Waals surface area contributed by atoms with Gasteiger partial charge in [0.05, 0.1) is 11.8 Å². The van der Waals surface area contributed by atoms with Gasteiger partial charge in [-0.1, -0.05) is 18.2 Å². The number of benzene rings is 2. The van der Waals surface area contributed by atoms with Crippen molar-refractivity contribution in [1.82, 2.24) is 5.43 Å². The van der Waals surface area contributed by atoms with Crippen molar-refractivity contribution in [2.75, 3.05) is 5.32 Å². The highest BCUT2D eigenvalue weighted by molar-refractivity contribution is 5.92. The van der Waals surface area contributed by atoms with Crippen LogP contribution >= 0.6 is 0 Å². The number of urea groups is 1. The molecule has 0 aliphatic carbocycles. The Morgan fingerprint density at radius 3 is 2.22 bits per heavy atom. The van der Waals surface area contributed by atoms with Crippen molar-refractivity contribution >= 4 is 17.9 Å². The molecule has 23 heavy (non-hydrogen) atoms. The molecule has 0 atom stereocenters. The zero-order chi connectivity index (χ0) is 17.0. The monoisotopic (exact) mass is 317 g/mol. The minimum absolute atomic E-state index is 0.303. The molecule has 0 radical (unpaired) electrons. The van der Waals surface area contributed by atoms with Gasteiger partial charge >= 0.3 is 6.03 Å². The summed E-state index contributed by atoms with van der Waals surface area (Å²) in [4.78, 5) is 11.8. The third kappa shape index (κ3) is 4.12. The lowest BCUT2D eigenvalue weighted by atomic mass is 10.1. The molecule has 2 aromatic rings. The molecule has 2 amide bonds. The van der Waals surface area contributed by atoms with Crippen molar-refractivity contribution in [3.8, 4) is 0 Å². The van der Waals surface area contributed by atoms with Crippen molar-refractivity contribution < 1.29 is 13.6 Å². The van der Waals surface area contributed by atoms with Crippen molar-refractivity contribution in [1.29, 1.82) is 0 Å². The summed E-state index contributed by atoms with van der Waals surface area (Å²) < 4.78 is 27.3. The SMILES string of the molecule is Cc1cc(F)c(/C=N/NC(=O)Nc2c(C)cccc2C)c(F)c1. The molecule has 0 aliphatic rings. The Balaban J connectivity index is 2.05. The number of amides is 2. The second-order valence-electron chi connectivity index (χ2n) is 5.23. The molecule has 0 fully saturated rings. The summed E-state index contributed by atoms with van der Waals surface area (Å²) in [6, 6.07) is 7.41. The first-order chi connectivity index (χ1) is 10.9. The highest BCUT2D eigenvalue weighted by atomic mass is 19.1. The molecule has 0 aliphatic heterocycles. The number of para-hydroxylation sites is 1. The number of hydrogen-bond donors (Lipinski definition) is 2. The van der Waals surface area contributed by atoms with Gasteiger partial charge in [0.2, 0.25) is 0 Å². The summed E-state index contributed by atoms with van der Waals surface area (Å²) in [7, 11) is 0. The van der Waals surface area contributed by atoms with Gasteiger partial charge in [-0.25, -0.2) is 19.0 Å². The average Bonchev–Trinajstić information content (AvgIpc) is 2.46. The van der Waals surface area contributed by atoms with Gasteiger partial charge in [-0.05, 0) is 49.6 Å². The number of halogens is 2. The van der Waals surface area contributed by atoms with Crippen LogP contribution in [0.25, 0.3) is 0 Å². The number of rotatable bonds is 3. The van der Waals surface area contributed by atoms with Crippen molar-refractivity contribution in [3.05, 3.63) is 64.2 Å². The summed E-state index contributed by atoms with van der Waals surface area (Å²) in [6.45, 7) is 5.31. The van der Waals surface area contributed by atoms with Crippen LogP contribution in [-0.4, -0.2) is 12.2 Å². The molecule has 2 aromatic carbocycles. The lowest BCUT2D eigenvalue weighted by Gasteiger charge is -2.10. The predicted octanol–water partition coefficient (Wildman–Crippen LogP) is 4.05.